The van der Waals surface area contributed by atoms with Gasteiger partial charge in [0.2, 0.25) is 0 Å². The summed E-state index contributed by atoms with van der Waals surface area (Å²) in [6, 6.07) is 17.8. The van der Waals surface area contributed by atoms with Crippen molar-refractivity contribution in [3.05, 3.63) is 79.4 Å². The molecule has 5 heterocycles. The molecule has 0 radical (unpaired) electrons. The molecule has 1 N–H and O–H groups in total. The van der Waals surface area contributed by atoms with Gasteiger partial charge in [-0.2, -0.15) is 0 Å². The van der Waals surface area contributed by atoms with E-state index in [2.05, 4.69) is 15.3 Å². The van der Waals surface area contributed by atoms with Crippen LogP contribution in [0.15, 0.2) is 79.4 Å². The van der Waals surface area contributed by atoms with Gasteiger partial charge in [0.25, 0.3) is 0 Å². The molecular weight excluding hydrogens is 417 g/mol. The fourth-order valence-corrected chi connectivity index (χ4v) is 4.33. The van der Waals surface area contributed by atoms with E-state index in [0.717, 1.165) is 45.6 Å². The highest BCUT2D eigenvalue weighted by atomic mass is 19.1. The molecule has 0 amide bonds. The standard InChI is InChI=1S/C26H22FN5O/c27-20-15-29-11-8-23(20)33-24-5-1-3-17-6-7-21(31-26(17)24)22-16-30-25-13-18(9-12-32(22)25)19-4-2-10-28-14-19/h1-7,9-10,12-14,16,20,23,29H,8,11,15H2/t20-,23-/m1/s1. The number of nitrogens with zero attached hydrogens (tertiary/aromatic N) is 4. The minimum atomic E-state index is -1.04. The largest absolute Gasteiger partial charge is 0.485 e. The maximum Gasteiger partial charge on any atom is 0.149 e. The lowest BCUT2D eigenvalue weighted by Gasteiger charge is -2.27. The van der Waals surface area contributed by atoms with E-state index in [0.29, 0.717) is 18.7 Å². The molecule has 7 heteroatoms. The predicted molar refractivity (Wildman–Crippen MR) is 126 cm³/mol. The Morgan fingerprint density at radius 2 is 2.00 bits per heavy atom. The van der Waals surface area contributed by atoms with Crippen molar-refractivity contribution in [1.29, 1.82) is 0 Å². The van der Waals surface area contributed by atoms with Crippen LogP contribution in [0.1, 0.15) is 6.42 Å². The molecule has 33 heavy (non-hydrogen) atoms. The summed E-state index contributed by atoms with van der Waals surface area (Å²) in [5.74, 6) is 0.608. The van der Waals surface area contributed by atoms with Crippen LogP contribution in [-0.2, 0) is 0 Å². The average Bonchev–Trinajstić information content (AvgIpc) is 3.29. The molecular formula is C26H22FN5O. The number of imidazole rings is 1. The summed E-state index contributed by atoms with van der Waals surface area (Å²) in [5.41, 5.74) is 5.30. The Hall–Kier alpha value is -3.84. The number of para-hydroxylation sites is 1. The Bertz CT molecular complexity index is 1440. The van der Waals surface area contributed by atoms with E-state index >= 15 is 0 Å². The number of pyridine rings is 3. The fourth-order valence-electron chi connectivity index (χ4n) is 4.33. The number of halogens is 1. The molecule has 0 saturated carbocycles. The fraction of sp³-hybridized carbons (Fsp3) is 0.192. The first-order valence-corrected chi connectivity index (χ1v) is 11.1. The molecule has 6 nitrogen and oxygen atoms in total. The van der Waals surface area contributed by atoms with Gasteiger partial charge in [-0.1, -0.05) is 24.3 Å². The third kappa shape index (κ3) is 3.70. The molecule has 0 bridgehead atoms. The van der Waals surface area contributed by atoms with Gasteiger partial charge in [0, 0.05) is 36.1 Å². The number of nitrogens with one attached hydrogen (secondary N) is 1. The van der Waals surface area contributed by atoms with Crippen LogP contribution < -0.4 is 10.1 Å². The molecule has 1 fully saturated rings. The van der Waals surface area contributed by atoms with Crippen LogP contribution in [-0.4, -0.2) is 44.7 Å². The zero-order valence-electron chi connectivity index (χ0n) is 17.9. The molecule has 0 spiro atoms. The van der Waals surface area contributed by atoms with Crippen LogP contribution in [0.4, 0.5) is 4.39 Å². The van der Waals surface area contributed by atoms with Crippen molar-refractivity contribution in [2.75, 3.05) is 13.1 Å². The molecule has 0 aliphatic carbocycles. The third-order valence-electron chi connectivity index (χ3n) is 6.08. The summed E-state index contributed by atoms with van der Waals surface area (Å²) in [6.45, 7) is 1.06. The van der Waals surface area contributed by atoms with Gasteiger partial charge in [0.05, 0.1) is 17.6 Å². The number of aromatic nitrogens is 4. The molecule has 1 saturated heterocycles. The molecule has 164 valence electrons. The van der Waals surface area contributed by atoms with Crippen LogP contribution >= 0.6 is 0 Å². The molecule has 1 aliphatic heterocycles. The number of hydrogen-bond acceptors (Lipinski definition) is 5. The first kappa shape index (κ1) is 19.8. The van der Waals surface area contributed by atoms with Gasteiger partial charge in [-0.05, 0) is 48.9 Å². The number of benzene rings is 1. The van der Waals surface area contributed by atoms with Gasteiger partial charge >= 0.3 is 0 Å². The van der Waals surface area contributed by atoms with E-state index in [1.807, 2.05) is 77.6 Å². The Morgan fingerprint density at radius 3 is 2.88 bits per heavy atom. The summed E-state index contributed by atoms with van der Waals surface area (Å²) in [6.07, 6.45) is 6.55. The molecule has 2 atom stereocenters. The minimum absolute atomic E-state index is 0.316. The van der Waals surface area contributed by atoms with Crippen LogP contribution in [0.5, 0.6) is 5.75 Å². The summed E-state index contributed by atoms with van der Waals surface area (Å²) >= 11 is 0. The quantitative estimate of drug-likeness (QED) is 0.440. The molecule has 1 aromatic carbocycles. The normalized spacial score (nSPS) is 18.6. The lowest BCUT2D eigenvalue weighted by molar-refractivity contribution is 0.0743. The van der Waals surface area contributed by atoms with E-state index in [9.17, 15) is 4.39 Å². The maximum atomic E-state index is 14.3. The number of alkyl halides is 1. The van der Waals surface area contributed by atoms with Crippen molar-refractivity contribution < 1.29 is 9.13 Å². The van der Waals surface area contributed by atoms with Crippen LogP contribution in [0.3, 0.4) is 0 Å². The zero-order valence-corrected chi connectivity index (χ0v) is 17.9. The Morgan fingerprint density at radius 1 is 1.03 bits per heavy atom. The first-order valence-electron chi connectivity index (χ1n) is 11.1. The van der Waals surface area contributed by atoms with Crippen LogP contribution in [0.2, 0.25) is 0 Å². The lowest BCUT2D eigenvalue weighted by Crippen LogP contribution is -2.44. The third-order valence-corrected chi connectivity index (χ3v) is 6.08. The monoisotopic (exact) mass is 439 g/mol. The number of piperidine rings is 1. The molecule has 6 rings (SSSR count). The van der Waals surface area contributed by atoms with Gasteiger partial charge in [-0.3, -0.25) is 9.38 Å². The van der Waals surface area contributed by atoms with E-state index in [-0.39, 0.29) is 0 Å². The van der Waals surface area contributed by atoms with Crippen molar-refractivity contribution in [2.24, 2.45) is 0 Å². The second-order valence-corrected chi connectivity index (χ2v) is 8.22. The van der Waals surface area contributed by atoms with E-state index in [1.54, 1.807) is 6.20 Å². The number of hydrogen-bond donors (Lipinski definition) is 1. The maximum absolute atomic E-state index is 14.3. The Labute approximate surface area is 190 Å². The predicted octanol–water partition coefficient (Wildman–Crippen LogP) is 4.69. The topological polar surface area (TPSA) is 64.3 Å². The van der Waals surface area contributed by atoms with Crippen molar-refractivity contribution >= 4 is 16.6 Å². The van der Waals surface area contributed by atoms with E-state index in [1.165, 1.54) is 0 Å². The van der Waals surface area contributed by atoms with Gasteiger partial charge in [-0.15, -0.1) is 0 Å². The van der Waals surface area contributed by atoms with Crippen molar-refractivity contribution in [3.63, 3.8) is 0 Å². The Kier molecular flexibility index (Phi) is 4.96. The van der Waals surface area contributed by atoms with Crippen LogP contribution in [0.25, 0.3) is 39.1 Å². The van der Waals surface area contributed by atoms with Gasteiger partial charge in [0.1, 0.15) is 29.2 Å². The summed E-state index contributed by atoms with van der Waals surface area (Å²) < 4.78 is 22.5. The molecule has 0 unspecified atom stereocenters. The smallest absolute Gasteiger partial charge is 0.149 e. The van der Waals surface area contributed by atoms with Crippen molar-refractivity contribution in [1.82, 2.24) is 24.7 Å². The second-order valence-electron chi connectivity index (χ2n) is 8.22. The number of rotatable bonds is 4. The highest BCUT2D eigenvalue weighted by Crippen LogP contribution is 2.30. The zero-order chi connectivity index (χ0) is 22.2. The SMILES string of the molecule is F[C@@H]1CNCC[C@H]1Oc1cccc2ccc(-c3cnc4cc(-c5cccnc5)ccn34)nc12. The highest BCUT2D eigenvalue weighted by Gasteiger charge is 2.27. The second kappa shape index (κ2) is 8.26. The molecule has 5 aromatic rings. The van der Waals surface area contributed by atoms with Gasteiger partial charge in [0.15, 0.2) is 0 Å². The van der Waals surface area contributed by atoms with Crippen molar-refractivity contribution in [2.45, 2.75) is 18.7 Å². The average molecular weight is 439 g/mol. The summed E-state index contributed by atoms with van der Waals surface area (Å²) in [7, 11) is 0. The van der Waals surface area contributed by atoms with Crippen molar-refractivity contribution in [3.8, 4) is 28.3 Å². The Balaban J connectivity index is 1.39. The number of ether oxygens (including phenoxy) is 1. The summed E-state index contributed by atoms with van der Waals surface area (Å²) in [4.78, 5) is 13.7. The molecule has 1 aliphatic rings. The first-order chi connectivity index (χ1) is 16.3. The minimum Gasteiger partial charge on any atom is -0.485 e. The van der Waals surface area contributed by atoms with Gasteiger partial charge < -0.3 is 10.1 Å². The summed E-state index contributed by atoms with van der Waals surface area (Å²) in [5, 5.41) is 4.01. The van der Waals surface area contributed by atoms with Crippen LogP contribution in [0, 0.1) is 0 Å². The number of fused-ring (bicyclic) bond motifs is 2. The highest BCUT2D eigenvalue weighted by molar-refractivity contribution is 5.86. The molecule has 4 aromatic heterocycles. The van der Waals surface area contributed by atoms with Gasteiger partial charge in [-0.25, -0.2) is 14.4 Å². The van der Waals surface area contributed by atoms with E-state index < -0.39 is 12.3 Å². The lowest BCUT2D eigenvalue weighted by atomic mass is 10.1. The van der Waals surface area contributed by atoms with E-state index in [4.69, 9.17) is 9.72 Å².